The Bertz CT molecular complexity index is 708. The van der Waals surface area contributed by atoms with Crippen LogP contribution < -0.4 is 10.2 Å². The fourth-order valence-electron chi connectivity index (χ4n) is 2.78. The van der Waals surface area contributed by atoms with Crippen LogP contribution in [0, 0.1) is 0 Å². The third kappa shape index (κ3) is 4.24. The second kappa shape index (κ2) is 7.79. The fraction of sp³-hybridized carbons (Fsp3) is 0.250. The SMILES string of the molecule is COc1ccc(C(=O)NN2CC=C(Cc3ccccc3)CC2)cc1. The monoisotopic (exact) mass is 322 g/mol. The molecule has 0 saturated carbocycles. The lowest BCUT2D eigenvalue weighted by molar-refractivity contribution is 0.0801. The van der Waals surface area contributed by atoms with Crippen LogP contribution in [-0.4, -0.2) is 31.1 Å². The minimum absolute atomic E-state index is 0.0856. The summed E-state index contributed by atoms with van der Waals surface area (Å²) in [5.74, 6) is 0.663. The van der Waals surface area contributed by atoms with Crippen LogP contribution in [0.15, 0.2) is 66.2 Å². The summed E-state index contributed by atoms with van der Waals surface area (Å²) in [6, 6.07) is 17.6. The van der Waals surface area contributed by atoms with Gasteiger partial charge in [0.1, 0.15) is 5.75 Å². The van der Waals surface area contributed by atoms with E-state index in [0.717, 1.165) is 31.7 Å². The number of amides is 1. The number of nitrogens with zero attached hydrogens (tertiary/aromatic N) is 1. The van der Waals surface area contributed by atoms with E-state index < -0.39 is 0 Å². The van der Waals surface area contributed by atoms with Crippen LogP contribution in [0.1, 0.15) is 22.3 Å². The third-order valence-electron chi connectivity index (χ3n) is 4.19. The number of carbonyl (C=O) groups excluding carboxylic acids is 1. The Hall–Kier alpha value is -2.59. The van der Waals surface area contributed by atoms with E-state index in [1.165, 1.54) is 11.1 Å². The van der Waals surface area contributed by atoms with Crippen molar-refractivity contribution in [1.82, 2.24) is 10.4 Å². The van der Waals surface area contributed by atoms with Gasteiger partial charge in [0.2, 0.25) is 0 Å². The molecule has 0 saturated heterocycles. The summed E-state index contributed by atoms with van der Waals surface area (Å²) in [5, 5.41) is 1.96. The van der Waals surface area contributed by atoms with E-state index in [-0.39, 0.29) is 5.91 Å². The molecule has 0 bridgehead atoms. The summed E-state index contributed by atoms with van der Waals surface area (Å²) in [6.07, 6.45) is 4.17. The molecule has 0 aromatic heterocycles. The molecule has 0 unspecified atom stereocenters. The Morgan fingerprint density at radius 2 is 1.88 bits per heavy atom. The van der Waals surface area contributed by atoms with E-state index in [9.17, 15) is 4.79 Å². The van der Waals surface area contributed by atoms with Crippen molar-refractivity contribution in [2.75, 3.05) is 20.2 Å². The maximum atomic E-state index is 12.3. The maximum absolute atomic E-state index is 12.3. The molecular weight excluding hydrogens is 300 g/mol. The van der Waals surface area contributed by atoms with Gasteiger partial charge >= 0.3 is 0 Å². The van der Waals surface area contributed by atoms with Crippen LogP contribution in [0.2, 0.25) is 0 Å². The van der Waals surface area contributed by atoms with E-state index in [1.807, 2.05) is 11.1 Å². The van der Waals surface area contributed by atoms with Crippen LogP contribution in [0.5, 0.6) is 5.75 Å². The number of hydrazine groups is 1. The molecule has 24 heavy (non-hydrogen) atoms. The number of benzene rings is 2. The Kier molecular flexibility index (Phi) is 5.29. The highest BCUT2D eigenvalue weighted by atomic mass is 16.5. The molecule has 2 aromatic rings. The minimum Gasteiger partial charge on any atom is -0.497 e. The van der Waals surface area contributed by atoms with Crippen LogP contribution in [0.4, 0.5) is 0 Å². The second-order valence-corrected chi connectivity index (χ2v) is 5.89. The summed E-state index contributed by atoms with van der Waals surface area (Å²) in [6.45, 7) is 1.57. The quantitative estimate of drug-likeness (QED) is 0.860. The van der Waals surface area contributed by atoms with E-state index in [1.54, 1.807) is 31.4 Å². The van der Waals surface area contributed by atoms with Gasteiger partial charge in [0.25, 0.3) is 5.91 Å². The number of hydrogen-bond donors (Lipinski definition) is 1. The molecule has 0 fully saturated rings. The molecule has 4 heteroatoms. The van der Waals surface area contributed by atoms with E-state index in [4.69, 9.17) is 4.74 Å². The van der Waals surface area contributed by atoms with Gasteiger partial charge in [0, 0.05) is 18.7 Å². The number of carbonyl (C=O) groups is 1. The molecule has 0 aliphatic carbocycles. The van der Waals surface area contributed by atoms with Crippen LogP contribution >= 0.6 is 0 Å². The van der Waals surface area contributed by atoms with E-state index >= 15 is 0 Å². The van der Waals surface area contributed by atoms with Gasteiger partial charge in [-0.1, -0.05) is 42.0 Å². The second-order valence-electron chi connectivity index (χ2n) is 5.89. The van der Waals surface area contributed by atoms with Crippen LogP contribution in [0.25, 0.3) is 0 Å². The van der Waals surface area contributed by atoms with Crippen molar-refractivity contribution in [3.8, 4) is 5.75 Å². The number of methoxy groups -OCH3 is 1. The van der Waals surface area contributed by atoms with Crippen molar-refractivity contribution in [1.29, 1.82) is 0 Å². The lowest BCUT2D eigenvalue weighted by atomic mass is 10.0. The average molecular weight is 322 g/mol. The fourth-order valence-corrected chi connectivity index (χ4v) is 2.78. The standard InChI is InChI=1S/C20H22N2O2/c1-24-19-9-7-18(8-10-19)20(23)21-22-13-11-17(12-14-22)15-16-5-3-2-4-6-16/h2-11H,12-15H2,1H3,(H,21,23). The Labute approximate surface area is 142 Å². The smallest absolute Gasteiger partial charge is 0.265 e. The van der Waals surface area contributed by atoms with E-state index in [2.05, 4.69) is 35.8 Å². The van der Waals surface area contributed by atoms with Crippen molar-refractivity contribution in [3.63, 3.8) is 0 Å². The average Bonchev–Trinajstić information content (AvgIpc) is 2.64. The van der Waals surface area contributed by atoms with E-state index in [0.29, 0.717) is 5.56 Å². The normalized spacial score (nSPS) is 14.8. The first kappa shape index (κ1) is 16.3. The zero-order chi connectivity index (χ0) is 16.8. The molecule has 3 rings (SSSR count). The number of hydrogen-bond acceptors (Lipinski definition) is 3. The lowest BCUT2D eigenvalue weighted by Gasteiger charge is -2.26. The molecular formula is C20H22N2O2. The predicted octanol–water partition coefficient (Wildman–Crippen LogP) is 3.21. The number of nitrogens with one attached hydrogen (secondary N) is 1. The summed E-state index contributed by atoms with van der Waals surface area (Å²) in [5.41, 5.74) is 6.36. The summed E-state index contributed by atoms with van der Waals surface area (Å²) < 4.78 is 5.11. The highest BCUT2D eigenvalue weighted by molar-refractivity contribution is 5.93. The van der Waals surface area contributed by atoms with Gasteiger partial charge in [-0.2, -0.15) is 0 Å². The zero-order valence-electron chi connectivity index (χ0n) is 13.9. The van der Waals surface area contributed by atoms with Crippen LogP contribution in [-0.2, 0) is 6.42 Å². The lowest BCUT2D eigenvalue weighted by Crippen LogP contribution is -2.44. The first-order valence-corrected chi connectivity index (χ1v) is 8.16. The van der Waals surface area contributed by atoms with Gasteiger partial charge < -0.3 is 4.74 Å². The largest absolute Gasteiger partial charge is 0.497 e. The summed E-state index contributed by atoms with van der Waals surface area (Å²) >= 11 is 0. The molecule has 0 atom stereocenters. The Balaban J connectivity index is 1.53. The number of ether oxygens (including phenoxy) is 1. The topological polar surface area (TPSA) is 41.6 Å². The van der Waals surface area contributed by atoms with Crippen molar-refractivity contribution < 1.29 is 9.53 Å². The first-order valence-electron chi connectivity index (χ1n) is 8.16. The highest BCUT2D eigenvalue weighted by Gasteiger charge is 2.15. The molecule has 0 spiro atoms. The third-order valence-corrected chi connectivity index (χ3v) is 4.19. The van der Waals surface area contributed by atoms with Gasteiger partial charge in [-0.15, -0.1) is 0 Å². The van der Waals surface area contributed by atoms with Gasteiger partial charge in [-0.25, -0.2) is 5.01 Å². The van der Waals surface area contributed by atoms with Gasteiger partial charge in [-0.05, 0) is 42.7 Å². The molecule has 1 aliphatic rings. The molecule has 1 aliphatic heterocycles. The summed E-state index contributed by atoms with van der Waals surface area (Å²) in [4.78, 5) is 12.3. The summed E-state index contributed by atoms with van der Waals surface area (Å²) in [7, 11) is 1.61. The molecule has 1 N–H and O–H groups in total. The zero-order valence-corrected chi connectivity index (χ0v) is 13.9. The van der Waals surface area contributed by atoms with Gasteiger partial charge in [0.05, 0.1) is 7.11 Å². The van der Waals surface area contributed by atoms with Crippen LogP contribution in [0.3, 0.4) is 0 Å². The first-order chi connectivity index (χ1) is 11.7. The molecule has 1 amide bonds. The van der Waals surface area contributed by atoms with Gasteiger partial charge in [0.15, 0.2) is 0 Å². The van der Waals surface area contributed by atoms with Crippen molar-refractivity contribution >= 4 is 5.91 Å². The molecule has 4 nitrogen and oxygen atoms in total. The Morgan fingerprint density at radius 3 is 2.50 bits per heavy atom. The molecule has 1 heterocycles. The Morgan fingerprint density at radius 1 is 1.12 bits per heavy atom. The van der Waals surface area contributed by atoms with Crippen molar-refractivity contribution in [3.05, 3.63) is 77.4 Å². The van der Waals surface area contributed by atoms with Crippen molar-refractivity contribution in [2.45, 2.75) is 12.8 Å². The molecule has 124 valence electrons. The molecule has 0 radical (unpaired) electrons. The van der Waals surface area contributed by atoms with Crippen molar-refractivity contribution in [2.24, 2.45) is 0 Å². The van der Waals surface area contributed by atoms with Gasteiger partial charge in [-0.3, -0.25) is 10.2 Å². The number of rotatable bonds is 5. The maximum Gasteiger partial charge on any atom is 0.265 e. The molecule has 2 aromatic carbocycles. The predicted molar refractivity (Wildman–Crippen MR) is 94.9 cm³/mol. The minimum atomic E-state index is -0.0856. The highest BCUT2D eigenvalue weighted by Crippen LogP contribution is 2.16.